The summed E-state index contributed by atoms with van der Waals surface area (Å²) in [5.41, 5.74) is 0.853. The molecule has 114 valence electrons. The van der Waals surface area contributed by atoms with E-state index in [9.17, 15) is 14.4 Å². The summed E-state index contributed by atoms with van der Waals surface area (Å²) in [6, 6.07) is 8.59. The molecule has 2 N–H and O–H groups in total. The Bertz CT molecular complexity index is 659. The van der Waals surface area contributed by atoms with E-state index < -0.39 is 12.0 Å². The van der Waals surface area contributed by atoms with Gasteiger partial charge in [-0.15, -0.1) is 11.8 Å². The van der Waals surface area contributed by atoms with E-state index >= 15 is 0 Å². The number of benzene rings is 1. The standard InChI is InChI=1S/C15H14N2O4S/c18-12(6-9-4-2-1-3-5-9)16-10-7-13-17(14(10)19)11(8-22-13)15(20)21/h1-5,8,10,13H,6-7H2,(H,16,18)(H,20,21)/t10?,13-/m1/s1. The summed E-state index contributed by atoms with van der Waals surface area (Å²) in [7, 11) is 0. The summed E-state index contributed by atoms with van der Waals surface area (Å²) in [5.74, 6) is -1.72. The van der Waals surface area contributed by atoms with Crippen molar-refractivity contribution in [3.8, 4) is 0 Å². The Morgan fingerprint density at radius 3 is 2.73 bits per heavy atom. The third-order valence-electron chi connectivity index (χ3n) is 3.62. The Morgan fingerprint density at radius 1 is 1.32 bits per heavy atom. The highest BCUT2D eigenvalue weighted by Gasteiger charge is 2.46. The smallest absolute Gasteiger partial charge is 0.353 e. The van der Waals surface area contributed by atoms with Crippen LogP contribution in [0.4, 0.5) is 0 Å². The SMILES string of the molecule is O=C(Cc1ccccc1)NC1C[C@H]2SC=C(C(=O)O)N2C1=O. The highest BCUT2D eigenvalue weighted by atomic mass is 32.2. The average molecular weight is 318 g/mol. The van der Waals surface area contributed by atoms with Gasteiger partial charge < -0.3 is 10.4 Å². The van der Waals surface area contributed by atoms with Crippen molar-refractivity contribution in [3.63, 3.8) is 0 Å². The van der Waals surface area contributed by atoms with Gasteiger partial charge in [0, 0.05) is 11.8 Å². The molecule has 2 aliphatic rings. The van der Waals surface area contributed by atoms with Crippen molar-refractivity contribution in [1.82, 2.24) is 10.2 Å². The molecule has 1 saturated heterocycles. The van der Waals surface area contributed by atoms with E-state index in [4.69, 9.17) is 5.11 Å². The molecular formula is C15H14N2O4S. The van der Waals surface area contributed by atoms with E-state index in [-0.39, 0.29) is 29.3 Å². The predicted octanol–water partition coefficient (Wildman–Crippen LogP) is 0.945. The maximum absolute atomic E-state index is 12.3. The van der Waals surface area contributed by atoms with E-state index in [1.165, 1.54) is 22.1 Å². The van der Waals surface area contributed by atoms with Gasteiger partial charge in [-0.2, -0.15) is 0 Å². The highest BCUT2D eigenvalue weighted by molar-refractivity contribution is 8.03. The van der Waals surface area contributed by atoms with E-state index in [2.05, 4.69) is 5.32 Å². The minimum atomic E-state index is -1.13. The van der Waals surface area contributed by atoms with Crippen LogP contribution in [0.1, 0.15) is 12.0 Å². The molecule has 1 fully saturated rings. The lowest BCUT2D eigenvalue weighted by Crippen LogP contribution is -2.42. The zero-order chi connectivity index (χ0) is 15.7. The van der Waals surface area contributed by atoms with Crippen LogP contribution in [-0.4, -0.2) is 39.2 Å². The first-order valence-corrected chi connectivity index (χ1v) is 7.76. The minimum absolute atomic E-state index is 0.0141. The molecule has 1 unspecified atom stereocenters. The second kappa shape index (κ2) is 5.84. The first kappa shape index (κ1) is 14.6. The van der Waals surface area contributed by atoms with Crippen molar-refractivity contribution in [1.29, 1.82) is 0 Å². The third kappa shape index (κ3) is 2.71. The average Bonchev–Trinajstić information content (AvgIpc) is 3.02. The zero-order valence-electron chi connectivity index (χ0n) is 11.6. The lowest BCUT2D eigenvalue weighted by molar-refractivity contribution is -0.139. The monoisotopic (exact) mass is 318 g/mol. The molecule has 0 spiro atoms. The molecule has 0 aliphatic carbocycles. The number of nitrogens with one attached hydrogen (secondary N) is 1. The molecule has 2 atom stereocenters. The van der Waals surface area contributed by atoms with Crippen LogP contribution in [0.15, 0.2) is 41.4 Å². The molecule has 0 radical (unpaired) electrons. The maximum Gasteiger partial charge on any atom is 0.353 e. The lowest BCUT2D eigenvalue weighted by atomic mass is 10.1. The fraction of sp³-hybridized carbons (Fsp3) is 0.267. The van der Waals surface area contributed by atoms with Crippen LogP contribution in [0.2, 0.25) is 0 Å². The fourth-order valence-electron chi connectivity index (χ4n) is 2.61. The molecular weight excluding hydrogens is 304 g/mol. The quantitative estimate of drug-likeness (QED) is 0.863. The molecule has 2 amide bonds. The van der Waals surface area contributed by atoms with Gasteiger partial charge in [0.25, 0.3) is 5.91 Å². The normalized spacial score (nSPS) is 23.2. The number of thioether (sulfide) groups is 1. The van der Waals surface area contributed by atoms with Gasteiger partial charge in [-0.3, -0.25) is 14.5 Å². The van der Waals surface area contributed by atoms with Crippen molar-refractivity contribution >= 4 is 29.5 Å². The van der Waals surface area contributed by atoms with Crippen LogP contribution < -0.4 is 5.32 Å². The summed E-state index contributed by atoms with van der Waals surface area (Å²) in [6.45, 7) is 0. The number of carboxylic acid groups (broad SMARTS) is 1. The minimum Gasteiger partial charge on any atom is -0.477 e. The van der Waals surface area contributed by atoms with Crippen LogP contribution in [0.3, 0.4) is 0 Å². The van der Waals surface area contributed by atoms with Gasteiger partial charge in [0.1, 0.15) is 11.7 Å². The van der Waals surface area contributed by atoms with E-state index in [1.807, 2.05) is 30.3 Å². The summed E-state index contributed by atoms with van der Waals surface area (Å²) in [6.07, 6.45) is 0.612. The Balaban J connectivity index is 1.63. The zero-order valence-corrected chi connectivity index (χ0v) is 12.4. The Hall–Kier alpha value is -2.28. The summed E-state index contributed by atoms with van der Waals surface area (Å²) >= 11 is 1.30. The summed E-state index contributed by atoms with van der Waals surface area (Å²) in [4.78, 5) is 36.7. The van der Waals surface area contributed by atoms with Crippen LogP contribution in [0, 0.1) is 0 Å². The van der Waals surface area contributed by atoms with Crippen molar-refractivity contribution < 1.29 is 19.5 Å². The van der Waals surface area contributed by atoms with Gasteiger partial charge in [0.2, 0.25) is 5.91 Å². The summed E-state index contributed by atoms with van der Waals surface area (Å²) < 4.78 is 0. The number of fused-ring (bicyclic) bond motifs is 1. The summed E-state index contributed by atoms with van der Waals surface area (Å²) in [5, 5.41) is 13.0. The molecule has 0 saturated carbocycles. The fourth-order valence-corrected chi connectivity index (χ4v) is 3.75. The number of carbonyl (C=O) groups excluding carboxylic acids is 2. The number of rotatable bonds is 4. The van der Waals surface area contributed by atoms with Gasteiger partial charge >= 0.3 is 5.97 Å². The van der Waals surface area contributed by atoms with Crippen molar-refractivity contribution in [2.24, 2.45) is 0 Å². The Morgan fingerprint density at radius 2 is 2.05 bits per heavy atom. The highest BCUT2D eigenvalue weighted by Crippen LogP contribution is 2.39. The van der Waals surface area contributed by atoms with E-state index in [0.717, 1.165) is 5.56 Å². The number of carbonyl (C=O) groups is 3. The van der Waals surface area contributed by atoms with Gasteiger partial charge in [0.05, 0.1) is 11.8 Å². The Labute approximate surface area is 131 Å². The molecule has 2 aliphatic heterocycles. The molecule has 3 rings (SSSR count). The van der Waals surface area contributed by atoms with Crippen LogP contribution in [0.5, 0.6) is 0 Å². The number of carboxylic acids is 1. The van der Waals surface area contributed by atoms with E-state index in [1.54, 1.807) is 0 Å². The number of hydrogen-bond donors (Lipinski definition) is 2. The topological polar surface area (TPSA) is 86.7 Å². The number of aliphatic carboxylic acids is 1. The molecule has 22 heavy (non-hydrogen) atoms. The first-order valence-electron chi connectivity index (χ1n) is 6.81. The molecule has 0 bridgehead atoms. The molecule has 1 aromatic carbocycles. The number of nitrogens with zero attached hydrogens (tertiary/aromatic N) is 1. The second-order valence-corrected chi connectivity index (χ2v) is 6.18. The van der Waals surface area contributed by atoms with Gasteiger partial charge in [-0.05, 0) is 5.56 Å². The molecule has 0 aromatic heterocycles. The van der Waals surface area contributed by atoms with Gasteiger partial charge in [-0.25, -0.2) is 4.79 Å². The Kier molecular flexibility index (Phi) is 3.89. The maximum atomic E-state index is 12.3. The number of hydrogen-bond acceptors (Lipinski definition) is 4. The predicted molar refractivity (Wildman–Crippen MR) is 80.6 cm³/mol. The van der Waals surface area contributed by atoms with Crippen LogP contribution in [0.25, 0.3) is 0 Å². The molecule has 7 heteroatoms. The van der Waals surface area contributed by atoms with Crippen LogP contribution in [-0.2, 0) is 20.8 Å². The van der Waals surface area contributed by atoms with E-state index in [0.29, 0.717) is 6.42 Å². The first-order chi connectivity index (χ1) is 10.6. The van der Waals surface area contributed by atoms with Gasteiger partial charge in [0.15, 0.2) is 0 Å². The number of amides is 2. The third-order valence-corrected chi connectivity index (χ3v) is 4.70. The second-order valence-electron chi connectivity index (χ2n) is 5.13. The van der Waals surface area contributed by atoms with Crippen molar-refractivity contribution in [3.05, 3.63) is 47.0 Å². The molecule has 2 heterocycles. The van der Waals surface area contributed by atoms with Crippen molar-refractivity contribution in [2.45, 2.75) is 24.3 Å². The van der Waals surface area contributed by atoms with Gasteiger partial charge in [-0.1, -0.05) is 30.3 Å². The van der Waals surface area contributed by atoms with Crippen molar-refractivity contribution in [2.75, 3.05) is 0 Å². The largest absolute Gasteiger partial charge is 0.477 e. The van der Waals surface area contributed by atoms with Crippen LogP contribution >= 0.6 is 11.8 Å². The lowest BCUT2D eigenvalue weighted by Gasteiger charge is -2.16. The molecule has 6 nitrogen and oxygen atoms in total. The molecule has 1 aromatic rings.